The second-order valence-corrected chi connectivity index (χ2v) is 11.5. The summed E-state index contributed by atoms with van der Waals surface area (Å²) in [4.78, 5) is 24.5. The molecule has 6 nitrogen and oxygen atoms in total. The van der Waals surface area contributed by atoms with Gasteiger partial charge in [-0.2, -0.15) is 0 Å². The van der Waals surface area contributed by atoms with Gasteiger partial charge in [0.25, 0.3) is 0 Å². The molecule has 0 aliphatic heterocycles. The van der Waals surface area contributed by atoms with Crippen LogP contribution in [0.2, 0.25) is 0 Å². The summed E-state index contributed by atoms with van der Waals surface area (Å²) in [5, 5.41) is 13.8. The Morgan fingerprint density at radius 3 is 2.23 bits per heavy atom. The lowest BCUT2D eigenvalue weighted by Gasteiger charge is -2.56. The molecule has 0 saturated heterocycles. The van der Waals surface area contributed by atoms with E-state index < -0.39 is 0 Å². The van der Waals surface area contributed by atoms with Crippen LogP contribution in [-0.2, 0) is 4.79 Å². The standard InChI is InChI=1S/C17H24N4O2S3/c1-2-24-15-20-21-16(26-15)25-9-13(22)18-14(23)19-17-6-10-3-11(7-17)5-12(4-10)8-17/h10-12H,2-9H2,1H3,(H2,18,19,22,23). The number of nitrogens with one attached hydrogen (secondary N) is 2. The largest absolute Gasteiger partial charge is 0.332 e. The van der Waals surface area contributed by atoms with E-state index in [-0.39, 0.29) is 23.2 Å². The van der Waals surface area contributed by atoms with Gasteiger partial charge in [0.1, 0.15) is 0 Å². The number of rotatable bonds is 6. The molecule has 0 atom stereocenters. The fraction of sp³-hybridized carbons (Fsp3) is 0.765. The molecule has 4 fully saturated rings. The highest BCUT2D eigenvalue weighted by Crippen LogP contribution is 2.55. The molecule has 0 radical (unpaired) electrons. The van der Waals surface area contributed by atoms with Gasteiger partial charge in [-0.05, 0) is 62.0 Å². The van der Waals surface area contributed by atoms with Crippen LogP contribution in [0, 0.1) is 17.8 Å². The number of nitrogens with zero attached hydrogens (tertiary/aromatic N) is 2. The Kier molecular flexibility index (Phi) is 5.48. The molecule has 1 heterocycles. The molecule has 1 aromatic rings. The lowest BCUT2D eigenvalue weighted by molar-refractivity contribution is -0.117. The van der Waals surface area contributed by atoms with E-state index in [0.29, 0.717) is 0 Å². The Bertz CT molecular complexity index is 658. The van der Waals surface area contributed by atoms with E-state index in [0.717, 1.165) is 51.4 Å². The summed E-state index contributed by atoms with van der Waals surface area (Å²) in [5.41, 5.74) is -0.0717. The van der Waals surface area contributed by atoms with Crippen LogP contribution >= 0.6 is 34.9 Å². The van der Waals surface area contributed by atoms with Crippen molar-refractivity contribution >= 4 is 46.8 Å². The van der Waals surface area contributed by atoms with Gasteiger partial charge in [-0.15, -0.1) is 10.2 Å². The summed E-state index contributed by atoms with van der Waals surface area (Å²) in [6, 6.07) is -0.336. The van der Waals surface area contributed by atoms with Crippen molar-refractivity contribution in [3.8, 4) is 0 Å². The first-order valence-corrected chi connectivity index (χ1v) is 12.0. The fourth-order valence-electron chi connectivity index (χ4n) is 5.26. The van der Waals surface area contributed by atoms with Crippen LogP contribution in [0.4, 0.5) is 4.79 Å². The zero-order valence-electron chi connectivity index (χ0n) is 14.8. The van der Waals surface area contributed by atoms with Crippen molar-refractivity contribution in [1.29, 1.82) is 0 Å². The molecule has 4 aliphatic carbocycles. The fourth-order valence-corrected chi connectivity index (χ4v) is 7.98. The average molecular weight is 413 g/mol. The molecule has 5 rings (SSSR count). The third-order valence-electron chi connectivity index (χ3n) is 5.65. The molecule has 0 unspecified atom stereocenters. The minimum absolute atomic E-state index is 0.0717. The molecule has 3 amide bonds. The smallest absolute Gasteiger partial charge is 0.321 e. The normalized spacial score (nSPS) is 31.8. The molecule has 0 aromatic carbocycles. The summed E-state index contributed by atoms with van der Waals surface area (Å²) < 4.78 is 1.67. The van der Waals surface area contributed by atoms with E-state index in [2.05, 4.69) is 27.8 Å². The van der Waals surface area contributed by atoms with Crippen LogP contribution < -0.4 is 10.6 Å². The van der Waals surface area contributed by atoms with Crippen LogP contribution in [-0.4, -0.2) is 39.2 Å². The predicted octanol–water partition coefficient (Wildman–Crippen LogP) is 3.54. The molecule has 4 aliphatic rings. The number of aromatic nitrogens is 2. The molecular formula is C17H24N4O2S3. The zero-order valence-corrected chi connectivity index (χ0v) is 17.3. The van der Waals surface area contributed by atoms with E-state index in [4.69, 9.17) is 0 Å². The van der Waals surface area contributed by atoms with Crippen molar-refractivity contribution in [2.75, 3.05) is 11.5 Å². The highest BCUT2D eigenvalue weighted by Gasteiger charge is 2.51. The van der Waals surface area contributed by atoms with E-state index in [1.54, 1.807) is 11.8 Å². The maximum atomic E-state index is 12.4. The van der Waals surface area contributed by atoms with Crippen molar-refractivity contribution in [2.45, 2.75) is 59.7 Å². The SMILES string of the molecule is CCSc1nnc(SCC(=O)NC(=O)NC23CC4CC(CC(C4)C2)C3)s1. The minimum atomic E-state index is -0.336. The van der Waals surface area contributed by atoms with Crippen LogP contribution in [0.5, 0.6) is 0 Å². The van der Waals surface area contributed by atoms with Gasteiger partial charge in [0.2, 0.25) is 5.91 Å². The molecule has 4 saturated carbocycles. The first kappa shape index (κ1) is 18.6. The Hall–Kier alpha value is -0.800. The summed E-state index contributed by atoms with van der Waals surface area (Å²) >= 11 is 4.45. The van der Waals surface area contributed by atoms with Crippen molar-refractivity contribution < 1.29 is 9.59 Å². The second kappa shape index (κ2) is 7.67. The van der Waals surface area contributed by atoms with Crippen molar-refractivity contribution in [3.63, 3.8) is 0 Å². The summed E-state index contributed by atoms with van der Waals surface area (Å²) in [7, 11) is 0. The van der Waals surface area contributed by atoms with Crippen LogP contribution in [0.15, 0.2) is 8.68 Å². The zero-order chi connectivity index (χ0) is 18.1. The predicted molar refractivity (Wildman–Crippen MR) is 105 cm³/mol. The van der Waals surface area contributed by atoms with Gasteiger partial charge >= 0.3 is 6.03 Å². The first-order valence-electron chi connectivity index (χ1n) is 9.24. The Balaban J connectivity index is 1.25. The molecule has 2 N–H and O–H groups in total. The number of carbonyl (C=O) groups is 2. The third kappa shape index (κ3) is 4.20. The monoisotopic (exact) mass is 412 g/mol. The molecule has 142 valence electrons. The molecule has 1 aromatic heterocycles. The van der Waals surface area contributed by atoms with Crippen molar-refractivity contribution in [3.05, 3.63) is 0 Å². The van der Waals surface area contributed by atoms with E-state index >= 15 is 0 Å². The minimum Gasteiger partial charge on any atom is -0.332 e. The Morgan fingerprint density at radius 2 is 1.65 bits per heavy atom. The van der Waals surface area contributed by atoms with E-state index in [9.17, 15) is 9.59 Å². The average Bonchev–Trinajstić information content (AvgIpc) is 2.99. The first-order chi connectivity index (χ1) is 12.5. The third-order valence-corrected chi connectivity index (χ3v) is 8.72. The van der Waals surface area contributed by atoms with Gasteiger partial charge in [0, 0.05) is 5.54 Å². The summed E-state index contributed by atoms with van der Waals surface area (Å²) in [6.45, 7) is 2.06. The molecule has 26 heavy (non-hydrogen) atoms. The maximum absolute atomic E-state index is 12.4. The van der Waals surface area contributed by atoms with Crippen LogP contribution in [0.3, 0.4) is 0 Å². The molecule has 4 bridgehead atoms. The van der Waals surface area contributed by atoms with Crippen LogP contribution in [0.1, 0.15) is 45.4 Å². The van der Waals surface area contributed by atoms with Gasteiger partial charge in [0.15, 0.2) is 8.68 Å². The van der Waals surface area contributed by atoms with E-state index in [1.807, 2.05) is 0 Å². The van der Waals surface area contributed by atoms with Gasteiger partial charge in [-0.3, -0.25) is 10.1 Å². The Morgan fingerprint density at radius 1 is 1.08 bits per heavy atom. The summed E-state index contributed by atoms with van der Waals surface area (Å²) in [5.74, 6) is 3.14. The van der Waals surface area contributed by atoms with Gasteiger partial charge in [-0.1, -0.05) is 41.8 Å². The second-order valence-electron chi connectivity index (χ2n) is 7.76. The van der Waals surface area contributed by atoms with Gasteiger partial charge in [-0.25, -0.2) is 4.79 Å². The number of urea groups is 1. The number of hydrogen-bond donors (Lipinski definition) is 2. The number of amides is 3. The lowest BCUT2D eigenvalue weighted by Crippen LogP contribution is -2.61. The maximum Gasteiger partial charge on any atom is 0.321 e. The van der Waals surface area contributed by atoms with Crippen molar-refractivity contribution in [1.82, 2.24) is 20.8 Å². The lowest BCUT2D eigenvalue weighted by atomic mass is 9.53. The topological polar surface area (TPSA) is 84.0 Å². The highest BCUT2D eigenvalue weighted by molar-refractivity contribution is 8.03. The summed E-state index contributed by atoms with van der Waals surface area (Å²) in [6.07, 6.45) is 7.24. The molecule has 9 heteroatoms. The number of imide groups is 1. The van der Waals surface area contributed by atoms with Crippen LogP contribution in [0.25, 0.3) is 0 Å². The highest BCUT2D eigenvalue weighted by atomic mass is 32.2. The van der Waals surface area contributed by atoms with Crippen molar-refractivity contribution in [2.24, 2.45) is 17.8 Å². The quantitative estimate of drug-likeness (QED) is 0.696. The Labute approximate surface area is 166 Å². The molecular weight excluding hydrogens is 388 g/mol. The van der Waals surface area contributed by atoms with E-state index in [1.165, 1.54) is 42.4 Å². The molecule has 0 spiro atoms. The number of carbonyl (C=O) groups excluding carboxylic acids is 2. The van der Waals surface area contributed by atoms with Gasteiger partial charge < -0.3 is 5.32 Å². The number of hydrogen-bond acceptors (Lipinski definition) is 7. The number of thioether (sulfide) groups is 2. The van der Waals surface area contributed by atoms with Gasteiger partial charge in [0.05, 0.1) is 5.75 Å².